The molecular formula is C16H13BrClN5OS. The molecule has 0 saturated heterocycles. The van der Waals surface area contributed by atoms with Crippen molar-refractivity contribution in [2.45, 2.75) is 13.8 Å². The molecule has 0 bridgehead atoms. The number of nitrogens with one attached hydrogen (secondary N) is 2. The first-order chi connectivity index (χ1) is 11.9. The predicted molar refractivity (Wildman–Crippen MR) is 104 cm³/mol. The third kappa shape index (κ3) is 4.33. The highest BCUT2D eigenvalue weighted by molar-refractivity contribution is 9.10. The van der Waals surface area contributed by atoms with Gasteiger partial charge in [0.05, 0.1) is 17.6 Å². The number of nitrogens with zero attached hydrogens (tertiary/aromatic N) is 3. The molecule has 0 unspecified atom stereocenters. The fraction of sp³-hybridized carbons (Fsp3) is 0.125. The molecule has 0 spiro atoms. The van der Waals surface area contributed by atoms with Crippen molar-refractivity contribution in [3.63, 3.8) is 0 Å². The fourth-order valence-electron chi connectivity index (χ4n) is 2.12. The van der Waals surface area contributed by atoms with Gasteiger partial charge in [-0.2, -0.15) is 0 Å². The van der Waals surface area contributed by atoms with Gasteiger partial charge in [-0.05, 0) is 48.0 Å². The Kier molecular flexibility index (Phi) is 5.31. The van der Waals surface area contributed by atoms with Gasteiger partial charge in [-0.25, -0.2) is 9.97 Å². The summed E-state index contributed by atoms with van der Waals surface area (Å²) in [5, 5.41) is 6.97. The molecule has 3 aromatic heterocycles. The zero-order chi connectivity index (χ0) is 18.0. The van der Waals surface area contributed by atoms with Gasteiger partial charge in [0.25, 0.3) is 5.91 Å². The summed E-state index contributed by atoms with van der Waals surface area (Å²) >= 11 is 10.6. The molecule has 3 heterocycles. The number of carbonyl (C=O) groups excluding carboxylic acids is 1. The van der Waals surface area contributed by atoms with Crippen LogP contribution in [0.5, 0.6) is 0 Å². The SMILES string of the molecule is Cc1cc(Nc2ncc(C(=O)Nc3c(Br)ccnc3C)s2)cc(Cl)n1. The van der Waals surface area contributed by atoms with Crippen LogP contribution < -0.4 is 10.6 Å². The molecule has 2 N–H and O–H groups in total. The van der Waals surface area contributed by atoms with Gasteiger partial charge in [-0.3, -0.25) is 9.78 Å². The summed E-state index contributed by atoms with van der Waals surface area (Å²) in [6.07, 6.45) is 3.20. The molecule has 3 rings (SSSR count). The van der Waals surface area contributed by atoms with Crippen LogP contribution in [-0.2, 0) is 0 Å². The molecule has 9 heteroatoms. The second kappa shape index (κ2) is 7.47. The van der Waals surface area contributed by atoms with Crippen LogP contribution in [-0.4, -0.2) is 20.9 Å². The number of hydrogen-bond acceptors (Lipinski definition) is 6. The fourth-order valence-corrected chi connectivity index (χ4v) is 3.61. The lowest BCUT2D eigenvalue weighted by Crippen LogP contribution is -2.12. The largest absolute Gasteiger partial charge is 0.331 e. The number of thiazole rings is 1. The summed E-state index contributed by atoms with van der Waals surface area (Å²) in [4.78, 5) is 25.4. The number of amides is 1. The van der Waals surface area contributed by atoms with Gasteiger partial charge in [-0.1, -0.05) is 22.9 Å². The Morgan fingerprint density at radius 3 is 2.80 bits per heavy atom. The standard InChI is InChI=1S/C16H13BrClN5OS/c1-8-5-10(6-13(18)21-8)22-16-20-7-12(25-16)15(24)23-14-9(2)19-4-3-11(14)17/h3-7H,1-2H3,(H,23,24)(H,20,21,22). The number of carbonyl (C=O) groups is 1. The molecule has 0 radical (unpaired) electrons. The normalized spacial score (nSPS) is 10.6. The Bertz CT molecular complexity index is 906. The average Bonchev–Trinajstić information content (AvgIpc) is 2.98. The van der Waals surface area contributed by atoms with E-state index in [0.717, 1.165) is 21.5 Å². The van der Waals surface area contributed by atoms with E-state index in [1.54, 1.807) is 18.3 Å². The van der Waals surface area contributed by atoms with Crippen molar-refractivity contribution in [1.82, 2.24) is 15.0 Å². The summed E-state index contributed by atoms with van der Waals surface area (Å²) in [7, 11) is 0. The van der Waals surface area contributed by atoms with E-state index in [-0.39, 0.29) is 5.91 Å². The molecule has 3 aromatic rings. The van der Waals surface area contributed by atoms with Crippen molar-refractivity contribution in [3.05, 3.63) is 56.5 Å². The number of rotatable bonds is 4. The minimum absolute atomic E-state index is 0.244. The van der Waals surface area contributed by atoms with Crippen LogP contribution in [0.1, 0.15) is 21.1 Å². The van der Waals surface area contributed by atoms with Crippen molar-refractivity contribution < 1.29 is 4.79 Å². The summed E-state index contributed by atoms with van der Waals surface area (Å²) in [6.45, 7) is 3.68. The second-order valence-corrected chi connectivity index (χ2v) is 7.45. The van der Waals surface area contributed by atoms with Crippen LogP contribution in [0.3, 0.4) is 0 Å². The molecule has 0 aliphatic heterocycles. The number of aryl methyl sites for hydroxylation is 2. The van der Waals surface area contributed by atoms with Gasteiger partial charge >= 0.3 is 0 Å². The van der Waals surface area contributed by atoms with E-state index in [1.807, 2.05) is 19.9 Å². The first-order valence-corrected chi connectivity index (χ1v) is 9.20. The highest BCUT2D eigenvalue weighted by Crippen LogP contribution is 2.27. The quantitative estimate of drug-likeness (QED) is 0.563. The lowest BCUT2D eigenvalue weighted by Gasteiger charge is -2.08. The summed E-state index contributed by atoms with van der Waals surface area (Å²) in [5.74, 6) is -0.244. The second-order valence-electron chi connectivity index (χ2n) is 5.18. The van der Waals surface area contributed by atoms with Gasteiger partial charge in [-0.15, -0.1) is 0 Å². The van der Waals surface area contributed by atoms with Crippen LogP contribution >= 0.6 is 38.9 Å². The van der Waals surface area contributed by atoms with Gasteiger partial charge in [0.2, 0.25) is 0 Å². The minimum Gasteiger partial charge on any atom is -0.331 e. The molecule has 0 aromatic carbocycles. The lowest BCUT2D eigenvalue weighted by atomic mass is 10.3. The molecule has 128 valence electrons. The maximum Gasteiger partial charge on any atom is 0.267 e. The minimum atomic E-state index is -0.244. The van der Waals surface area contributed by atoms with Crippen molar-refractivity contribution >= 4 is 61.3 Å². The highest BCUT2D eigenvalue weighted by atomic mass is 79.9. The van der Waals surface area contributed by atoms with Crippen molar-refractivity contribution in [1.29, 1.82) is 0 Å². The summed E-state index contributed by atoms with van der Waals surface area (Å²) < 4.78 is 0.776. The molecule has 0 saturated carbocycles. The Morgan fingerprint density at radius 1 is 1.28 bits per heavy atom. The molecule has 0 aliphatic rings. The van der Waals surface area contributed by atoms with Crippen LogP contribution in [0.15, 0.2) is 35.1 Å². The monoisotopic (exact) mass is 437 g/mol. The zero-order valence-electron chi connectivity index (χ0n) is 13.3. The first kappa shape index (κ1) is 17.8. The Hall–Kier alpha value is -2.03. The van der Waals surface area contributed by atoms with Crippen LogP contribution in [0.2, 0.25) is 5.15 Å². The van der Waals surface area contributed by atoms with E-state index < -0.39 is 0 Å². The predicted octanol–water partition coefficient (Wildman–Crippen LogP) is 4.96. The lowest BCUT2D eigenvalue weighted by molar-refractivity contribution is 0.103. The van der Waals surface area contributed by atoms with E-state index in [2.05, 4.69) is 41.5 Å². The van der Waals surface area contributed by atoms with E-state index in [9.17, 15) is 4.79 Å². The third-order valence-corrected chi connectivity index (χ3v) is 5.00. The first-order valence-electron chi connectivity index (χ1n) is 7.22. The summed E-state index contributed by atoms with van der Waals surface area (Å²) in [5.41, 5.74) is 2.94. The van der Waals surface area contributed by atoms with Crippen molar-refractivity contribution in [2.24, 2.45) is 0 Å². The topological polar surface area (TPSA) is 79.8 Å². The van der Waals surface area contributed by atoms with Crippen LogP contribution in [0.25, 0.3) is 0 Å². The highest BCUT2D eigenvalue weighted by Gasteiger charge is 2.14. The number of pyridine rings is 2. The Morgan fingerprint density at radius 2 is 2.08 bits per heavy atom. The number of hydrogen-bond donors (Lipinski definition) is 2. The maximum absolute atomic E-state index is 12.4. The van der Waals surface area contributed by atoms with Gasteiger partial charge in [0, 0.05) is 22.1 Å². The molecule has 6 nitrogen and oxygen atoms in total. The van der Waals surface area contributed by atoms with Gasteiger partial charge in [0.1, 0.15) is 10.0 Å². The van der Waals surface area contributed by atoms with Gasteiger partial charge < -0.3 is 10.6 Å². The third-order valence-electron chi connectivity index (χ3n) is 3.23. The number of aromatic nitrogens is 3. The van der Waals surface area contributed by atoms with E-state index in [1.165, 1.54) is 17.5 Å². The Balaban J connectivity index is 1.75. The molecular weight excluding hydrogens is 426 g/mol. The summed E-state index contributed by atoms with van der Waals surface area (Å²) in [6, 6.07) is 5.33. The van der Waals surface area contributed by atoms with E-state index in [4.69, 9.17) is 11.6 Å². The van der Waals surface area contributed by atoms with Crippen molar-refractivity contribution in [3.8, 4) is 0 Å². The molecule has 25 heavy (non-hydrogen) atoms. The number of anilines is 3. The van der Waals surface area contributed by atoms with E-state index in [0.29, 0.717) is 20.8 Å². The molecule has 0 atom stereocenters. The maximum atomic E-state index is 12.4. The van der Waals surface area contributed by atoms with E-state index >= 15 is 0 Å². The molecule has 0 aliphatic carbocycles. The van der Waals surface area contributed by atoms with Crippen LogP contribution in [0, 0.1) is 13.8 Å². The smallest absolute Gasteiger partial charge is 0.267 e. The number of halogens is 2. The average molecular weight is 439 g/mol. The molecule has 1 amide bonds. The van der Waals surface area contributed by atoms with Gasteiger partial charge in [0.15, 0.2) is 5.13 Å². The van der Waals surface area contributed by atoms with Crippen molar-refractivity contribution in [2.75, 3.05) is 10.6 Å². The molecule has 0 fully saturated rings. The zero-order valence-corrected chi connectivity index (χ0v) is 16.5. The van der Waals surface area contributed by atoms with Crippen LogP contribution in [0.4, 0.5) is 16.5 Å². The Labute approximate surface area is 161 Å².